The van der Waals surface area contributed by atoms with Crippen LogP contribution in [0.1, 0.15) is 24.8 Å². The van der Waals surface area contributed by atoms with Crippen molar-refractivity contribution in [2.24, 2.45) is 0 Å². The van der Waals surface area contributed by atoms with Crippen LogP contribution in [-0.2, 0) is 4.79 Å². The molecule has 2 aromatic carbocycles. The number of nitrogens with zero attached hydrogens (tertiary/aromatic N) is 1. The van der Waals surface area contributed by atoms with Crippen LogP contribution in [0.15, 0.2) is 66.7 Å². The van der Waals surface area contributed by atoms with Crippen LogP contribution in [0.2, 0.25) is 0 Å². The van der Waals surface area contributed by atoms with Gasteiger partial charge in [0.1, 0.15) is 6.04 Å². The molecule has 1 saturated heterocycles. The van der Waals surface area contributed by atoms with Crippen molar-refractivity contribution in [3.8, 4) is 0 Å². The lowest BCUT2D eigenvalue weighted by molar-refractivity contribution is -0.909. The molecule has 1 amide bonds. The highest BCUT2D eigenvalue weighted by atomic mass is 35.5. The third kappa shape index (κ3) is 5.45. The normalized spacial score (nSPS) is 19.7. The Bertz CT molecular complexity index is 703. The lowest BCUT2D eigenvalue weighted by atomic mass is 10.0. The van der Waals surface area contributed by atoms with Gasteiger partial charge in [0.25, 0.3) is 5.91 Å². The van der Waals surface area contributed by atoms with E-state index in [0.29, 0.717) is 6.04 Å². The molecule has 1 aliphatic rings. The predicted octanol–water partition coefficient (Wildman–Crippen LogP) is -0.196. The van der Waals surface area contributed by atoms with Crippen molar-refractivity contribution in [3.63, 3.8) is 0 Å². The Morgan fingerprint density at radius 1 is 1.08 bits per heavy atom. The SMILES string of the molecule is C[NH+]1CCCCC1CN(C(=O)/C=C/c1ccccc1)c1ccccc1.[Cl-]. The fraction of sp³-hybridized carbons (Fsp3) is 0.318. The summed E-state index contributed by atoms with van der Waals surface area (Å²) < 4.78 is 0. The van der Waals surface area contributed by atoms with Crippen LogP contribution >= 0.6 is 0 Å². The predicted molar refractivity (Wildman–Crippen MR) is 104 cm³/mol. The summed E-state index contributed by atoms with van der Waals surface area (Å²) in [6, 6.07) is 20.5. The first-order valence-corrected chi connectivity index (χ1v) is 9.16. The quantitative estimate of drug-likeness (QED) is 0.725. The molecule has 2 aromatic rings. The van der Waals surface area contributed by atoms with Crippen LogP contribution in [0.25, 0.3) is 6.08 Å². The second-order valence-corrected chi connectivity index (χ2v) is 6.82. The first-order chi connectivity index (χ1) is 12.2. The Balaban J connectivity index is 0.00000243. The van der Waals surface area contributed by atoms with Crippen LogP contribution in [-0.4, -0.2) is 32.1 Å². The van der Waals surface area contributed by atoms with Crippen LogP contribution < -0.4 is 22.2 Å². The Labute approximate surface area is 162 Å². The molecule has 3 nitrogen and oxygen atoms in total. The van der Waals surface area contributed by atoms with Gasteiger partial charge in [-0.1, -0.05) is 48.5 Å². The first kappa shape index (κ1) is 20.2. The van der Waals surface area contributed by atoms with Crippen molar-refractivity contribution in [3.05, 3.63) is 72.3 Å². The van der Waals surface area contributed by atoms with E-state index in [1.807, 2.05) is 71.6 Å². The number of para-hydroxylation sites is 1. The van der Waals surface area contributed by atoms with Crippen molar-refractivity contribution in [1.82, 2.24) is 0 Å². The lowest BCUT2D eigenvalue weighted by Gasteiger charge is -2.33. The minimum absolute atomic E-state index is 0. The zero-order chi connectivity index (χ0) is 17.5. The summed E-state index contributed by atoms with van der Waals surface area (Å²) in [5.74, 6) is 0.0495. The number of carbonyl (C=O) groups is 1. The minimum atomic E-state index is 0. The molecule has 138 valence electrons. The Morgan fingerprint density at radius 3 is 2.38 bits per heavy atom. The molecular formula is C22H27ClN2O. The molecule has 3 rings (SSSR count). The molecule has 0 aromatic heterocycles. The number of nitrogens with one attached hydrogen (secondary N) is 1. The van der Waals surface area contributed by atoms with Crippen molar-refractivity contribution in [2.45, 2.75) is 25.3 Å². The summed E-state index contributed by atoms with van der Waals surface area (Å²) in [5.41, 5.74) is 2.02. The number of likely N-dealkylation sites (N-methyl/N-ethyl adjacent to an activating group) is 1. The molecule has 0 saturated carbocycles. The lowest BCUT2D eigenvalue weighted by Crippen LogP contribution is -3.14. The van der Waals surface area contributed by atoms with Gasteiger partial charge in [0.05, 0.1) is 20.1 Å². The molecule has 1 N–H and O–H groups in total. The van der Waals surface area contributed by atoms with Crippen LogP contribution in [0.5, 0.6) is 0 Å². The number of hydrogen-bond donors (Lipinski definition) is 1. The van der Waals surface area contributed by atoms with Crippen LogP contribution in [0.3, 0.4) is 0 Å². The molecule has 4 heteroatoms. The van der Waals surface area contributed by atoms with Gasteiger partial charge in [-0.25, -0.2) is 0 Å². The van der Waals surface area contributed by atoms with E-state index in [1.165, 1.54) is 30.7 Å². The van der Waals surface area contributed by atoms with Gasteiger partial charge < -0.3 is 22.2 Å². The highest BCUT2D eigenvalue weighted by Gasteiger charge is 2.27. The summed E-state index contributed by atoms with van der Waals surface area (Å²) in [4.78, 5) is 16.4. The van der Waals surface area contributed by atoms with E-state index >= 15 is 0 Å². The second-order valence-electron chi connectivity index (χ2n) is 6.82. The second kappa shape index (κ2) is 10.1. The minimum Gasteiger partial charge on any atom is -1.00 e. The molecule has 2 atom stereocenters. The van der Waals surface area contributed by atoms with E-state index in [1.54, 1.807) is 6.08 Å². The van der Waals surface area contributed by atoms with Gasteiger partial charge >= 0.3 is 0 Å². The highest BCUT2D eigenvalue weighted by molar-refractivity contribution is 6.03. The maximum atomic E-state index is 12.9. The van der Waals surface area contributed by atoms with E-state index in [-0.39, 0.29) is 18.3 Å². The number of amides is 1. The number of benzene rings is 2. The number of carbonyl (C=O) groups excluding carboxylic acids is 1. The first-order valence-electron chi connectivity index (χ1n) is 9.16. The third-order valence-corrected chi connectivity index (χ3v) is 5.03. The Hall–Kier alpha value is -2.10. The molecule has 2 unspecified atom stereocenters. The van der Waals surface area contributed by atoms with Gasteiger partial charge in [-0.3, -0.25) is 4.79 Å². The molecule has 1 aliphatic heterocycles. The van der Waals surface area contributed by atoms with Crippen LogP contribution in [0, 0.1) is 0 Å². The van der Waals surface area contributed by atoms with Crippen molar-refractivity contribution in [2.75, 3.05) is 25.0 Å². The molecule has 1 fully saturated rings. The van der Waals surface area contributed by atoms with Gasteiger partial charge in [0.2, 0.25) is 0 Å². The highest BCUT2D eigenvalue weighted by Crippen LogP contribution is 2.16. The molecule has 0 aliphatic carbocycles. The number of likely N-dealkylation sites (tertiary alicyclic amines) is 1. The van der Waals surface area contributed by atoms with Crippen molar-refractivity contribution >= 4 is 17.7 Å². The van der Waals surface area contributed by atoms with E-state index in [2.05, 4.69) is 7.05 Å². The molecule has 26 heavy (non-hydrogen) atoms. The fourth-order valence-electron chi connectivity index (χ4n) is 3.46. The van der Waals surface area contributed by atoms with Crippen molar-refractivity contribution in [1.29, 1.82) is 0 Å². The Morgan fingerprint density at radius 2 is 1.73 bits per heavy atom. The zero-order valence-electron chi connectivity index (χ0n) is 15.3. The standard InChI is InChI=1S/C22H26N2O.ClH/c1-23-17-9-8-14-21(23)18-24(20-12-6-3-7-13-20)22(25)16-15-19-10-4-2-5-11-19;/h2-7,10-13,15-16,21H,8-9,14,17-18H2,1H3;1H/b16-15+;. The van der Waals surface area contributed by atoms with Gasteiger partial charge in [-0.15, -0.1) is 0 Å². The van der Waals surface area contributed by atoms with Crippen LogP contribution in [0.4, 0.5) is 5.69 Å². The summed E-state index contributed by atoms with van der Waals surface area (Å²) >= 11 is 0. The van der Waals surface area contributed by atoms with E-state index < -0.39 is 0 Å². The number of anilines is 1. The number of rotatable bonds is 5. The van der Waals surface area contributed by atoms with E-state index in [9.17, 15) is 4.79 Å². The number of hydrogen-bond acceptors (Lipinski definition) is 1. The monoisotopic (exact) mass is 370 g/mol. The van der Waals surface area contributed by atoms with Gasteiger partial charge in [-0.05, 0) is 36.6 Å². The van der Waals surface area contributed by atoms with E-state index in [0.717, 1.165) is 17.8 Å². The molecule has 0 bridgehead atoms. The number of piperidine rings is 1. The van der Waals surface area contributed by atoms with Gasteiger partial charge in [0, 0.05) is 18.2 Å². The average molecular weight is 371 g/mol. The smallest absolute Gasteiger partial charge is 0.251 e. The fourth-order valence-corrected chi connectivity index (χ4v) is 3.46. The summed E-state index contributed by atoms with van der Waals surface area (Å²) in [6.45, 7) is 1.97. The maximum absolute atomic E-state index is 12.9. The summed E-state index contributed by atoms with van der Waals surface area (Å²) in [5, 5.41) is 0. The maximum Gasteiger partial charge on any atom is 0.251 e. The molecule has 1 heterocycles. The summed E-state index contributed by atoms with van der Waals surface area (Å²) in [7, 11) is 2.25. The average Bonchev–Trinajstić information content (AvgIpc) is 2.67. The summed E-state index contributed by atoms with van der Waals surface area (Å²) in [6.07, 6.45) is 7.33. The number of halogens is 1. The molecular weight excluding hydrogens is 344 g/mol. The number of quaternary nitrogens is 1. The van der Waals surface area contributed by atoms with Crippen molar-refractivity contribution < 1.29 is 22.1 Å². The topological polar surface area (TPSA) is 24.8 Å². The van der Waals surface area contributed by atoms with Gasteiger partial charge in [-0.2, -0.15) is 0 Å². The van der Waals surface area contributed by atoms with E-state index in [4.69, 9.17) is 0 Å². The molecule has 0 radical (unpaired) electrons. The van der Waals surface area contributed by atoms with Gasteiger partial charge in [0.15, 0.2) is 0 Å². The molecule has 0 spiro atoms. The third-order valence-electron chi connectivity index (χ3n) is 5.03. The zero-order valence-corrected chi connectivity index (χ0v) is 16.0. The largest absolute Gasteiger partial charge is 1.00 e. The Kier molecular flexibility index (Phi) is 7.89.